The molecular formula is C21H30ClN3O2. The summed E-state index contributed by atoms with van der Waals surface area (Å²) in [6, 6.07) is 7.97. The van der Waals surface area contributed by atoms with Crippen molar-refractivity contribution < 1.29 is 9.59 Å². The Hall–Kier alpha value is -1.59. The van der Waals surface area contributed by atoms with E-state index in [0.717, 1.165) is 69.4 Å². The minimum Gasteiger partial charge on any atom is -0.353 e. The zero-order valence-electron chi connectivity index (χ0n) is 16.0. The van der Waals surface area contributed by atoms with Crippen LogP contribution < -0.4 is 10.6 Å². The van der Waals surface area contributed by atoms with Crippen LogP contribution in [0.15, 0.2) is 24.3 Å². The van der Waals surface area contributed by atoms with Gasteiger partial charge >= 0.3 is 0 Å². The molecule has 2 amide bonds. The van der Waals surface area contributed by atoms with Crippen LogP contribution in [0.5, 0.6) is 0 Å². The van der Waals surface area contributed by atoms with Crippen LogP contribution in [0.1, 0.15) is 48.0 Å². The van der Waals surface area contributed by atoms with Crippen molar-refractivity contribution in [2.75, 3.05) is 26.2 Å². The first-order valence-corrected chi connectivity index (χ1v) is 9.94. The maximum atomic E-state index is 12.6. The highest BCUT2D eigenvalue weighted by Crippen LogP contribution is 2.58. The number of aryl methyl sites for hydroxylation is 1. The van der Waals surface area contributed by atoms with E-state index in [1.807, 2.05) is 36.1 Å². The van der Waals surface area contributed by atoms with Crippen LogP contribution in [0.2, 0.25) is 0 Å². The molecule has 1 aliphatic carbocycles. The molecule has 3 fully saturated rings. The number of rotatable bonds is 3. The smallest absolute Gasteiger partial charge is 0.253 e. The van der Waals surface area contributed by atoms with Crippen molar-refractivity contribution in [3.8, 4) is 0 Å². The van der Waals surface area contributed by atoms with Gasteiger partial charge in [0.2, 0.25) is 5.91 Å². The van der Waals surface area contributed by atoms with Crippen molar-refractivity contribution in [1.29, 1.82) is 0 Å². The summed E-state index contributed by atoms with van der Waals surface area (Å²) in [6.45, 7) is 5.55. The van der Waals surface area contributed by atoms with Crippen LogP contribution in [0.4, 0.5) is 0 Å². The first-order valence-electron chi connectivity index (χ1n) is 9.94. The molecule has 0 bridgehead atoms. The highest BCUT2D eigenvalue weighted by molar-refractivity contribution is 5.94. The third-order valence-corrected chi connectivity index (χ3v) is 6.53. The third kappa shape index (κ3) is 4.30. The fraction of sp³-hybridized carbons (Fsp3) is 0.619. The van der Waals surface area contributed by atoms with Gasteiger partial charge in [0.1, 0.15) is 0 Å². The van der Waals surface area contributed by atoms with Crippen LogP contribution >= 0.6 is 12.4 Å². The summed E-state index contributed by atoms with van der Waals surface area (Å²) in [5, 5.41) is 6.65. The molecule has 5 nitrogen and oxygen atoms in total. The van der Waals surface area contributed by atoms with E-state index in [9.17, 15) is 9.59 Å². The van der Waals surface area contributed by atoms with Gasteiger partial charge in [-0.05, 0) is 69.7 Å². The molecule has 4 rings (SSSR count). The average Bonchev–Trinajstić information content (AvgIpc) is 3.36. The maximum absolute atomic E-state index is 12.6. The molecule has 2 saturated heterocycles. The van der Waals surface area contributed by atoms with Gasteiger partial charge in [0.15, 0.2) is 0 Å². The van der Waals surface area contributed by atoms with Crippen molar-refractivity contribution in [2.24, 2.45) is 11.3 Å². The van der Waals surface area contributed by atoms with E-state index in [2.05, 4.69) is 10.6 Å². The van der Waals surface area contributed by atoms with Crippen LogP contribution in [0.3, 0.4) is 0 Å². The predicted octanol–water partition coefficient (Wildman–Crippen LogP) is 2.53. The van der Waals surface area contributed by atoms with E-state index in [1.165, 1.54) is 0 Å². The van der Waals surface area contributed by atoms with Gasteiger partial charge in [0.05, 0.1) is 0 Å². The molecule has 1 aromatic carbocycles. The Bertz CT molecular complexity index is 677. The second kappa shape index (κ2) is 8.19. The van der Waals surface area contributed by atoms with Gasteiger partial charge in [-0.1, -0.05) is 17.7 Å². The Morgan fingerprint density at radius 3 is 2.37 bits per heavy atom. The van der Waals surface area contributed by atoms with Crippen molar-refractivity contribution in [3.05, 3.63) is 35.4 Å². The number of benzene rings is 1. The highest BCUT2D eigenvalue weighted by Gasteiger charge is 2.57. The van der Waals surface area contributed by atoms with Crippen LogP contribution in [-0.4, -0.2) is 48.9 Å². The van der Waals surface area contributed by atoms with E-state index in [0.29, 0.717) is 0 Å². The summed E-state index contributed by atoms with van der Waals surface area (Å²) < 4.78 is 0. The number of likely N-dealkylation sites (tertiary alicyclic amines) is 1. The number of nitrogens with one attached hydrogen (secondary N) is 2. The second-order valence-electron chi connectivity index (χ2n) is 8.31. The number of hydrogen-bond acceptors (Lipinski definition) is 3. The zero-order chi connectivity index (χ0) is 18.1. The van der Waals surface area contributed by atoms with Gasteiger partial charge in [-0.3, -0.25) is 9.59 Å². The monoisotopic (exact) mass is 391 g/mol. The molecule has 1 saturated carbocycles. The largest absolute Gasteiger partial charge is 0.353 e. The quantitative estimate of drug-likeness (QED) is 0.832. The second-order valence-corrected chi connectivity index (χ2v) is 8.31. The summed E-state index contributed by atoms with van der Waals surface area (Å²) >= 11 is 0. The molecule has 1 spiro atoms. The van der Waals surface area contributed by atoms with Crippen LogP contribution in [0.25, 0.3) is 0 Å². The summed E-state index contributed by atoms with van der Waals surface area (Å²) in [4.78, 5) is 27.1. The fourth-order valence-electron chi connectivity index (χ4n) is 4.60. The van der Waals surface area contributed by atoms with Crippen LogP contribution in [-0.2, 0) is 4.79 Å². The van der Waals surface area contributed by atoms with Gasteiger partial charge in [0, 0.05) is 30.6 Å². The third-order valence-electron chi connectivity index (χ3n) is 6.53. The Morgan fingerprint density at radius 2 is 1.74 bits per heavy atom. The lowest BCUT2D eigenvalue weighted by Crippen LogP contribution is -2.47. The number of nitrogens with zero attached hydrogens (tertiary/aromatic N) is 1. The molecule has 1 aromatic rings. The number of amides is 2. The first kappa shape index (κ1) is 20.2. The van der Waals surface area contributed by atoms with Gasteiger partial charge in [-0.15, -0.1) is 12.4 Å². The number of halogens is 1. The van der Waals surface area contributed by atoms with Crippen molar-refractivity contribution in [2.45, 2.75) is 45.1 Å². The summed E-state index contributed by atoms with van der Waals surface area (Å²) in [7, 11) is 0. The molecule has 27 heavy (non-hydrogen) atoms. The number of piperidine rings is 2. The Morgan fingerprint density at radius 1 is 1.11 bits per heavy atom. The van der Waals surface area contributed by atoms with Crippen molar-refractivity contribution >= 4 is 24.2 Å². The molecular weight excluding hydrogens is 362 g/mol. The lowest BCUT2D eigenvalue weighted by atomic mass is 9.91. The first-order chi connectivity index (χ1) is 12.6. The highest BCUT2D eigenvalue weighted by atomic mass is 35.5. The topological polar surface area (TPSA) is 61.4 Å². The van der Waals surface area contributed by atoms with E-state index in [4.69, 9.17) is 0 Å². The molecule has 2 heterocycles. The average molecular weight is 392 g/mol. The SMILES string of the molecule is Cc1ccc(C(=O)N2CCC(NC(=O)C3CC34CCNCC4)CC2)cc1.Cl. The number of hydrogen-bond donors (Lipinski definition) is 2. The van der Waals surface area contributed by atoms with Crippen LogP contribution in [0, 0.1) is 18.3 Å². The minimum absolute atomic E-state index is 0. The molecule has 1 atom stereocenters. The van der Waals surface area contributed by atoms with Gasteiger partial charge < -0.3 is 15.5 Å². The Labute approximate surface area is 167 Å². The molecule has 2 N–H and O–H groups in total. The summed E-state index contributed by atoms with van der Waals surface area (Å²) in [6.07, 6.45) is 5.03. The standard InChI is InChI=1S/C21H29N3O2.ClH/c1-15-2-4-16(5-3-15)20(26)24-12-6-17(7-13-24)23-19(25)18-14-21(18)8-10-22-11-9-21;/h2-5,17-18,22H,6-14H2,1H3,(H,23,25);1H. The number of carbonyl (C=O) groups excluding carboxylic acids is 2. The Balaban J connectivity index is 0.00000210. The predicted molar refractivity (Wildman–Crippen MR) is 108 cm³/mol. The normalized spacial score (nSPS) is 24.2. The minimum atomic E-state index is 0. The fourth-order valence-corrected chi connectivity index (χ4v) is 4.60. The lowest BCUT2D eigenvalue weighted by Gasteiger charge is -2.33. The number of carbonyl (C=O) groups is 2. The molecule has 0 radical (unpaired) electrons. The summed E-state index contributed by atoms with van der Waals surface area (Å²) in [5.74, 6) is 0.567. The van der Waals surface area contributed by atoms with Gasteiger partial charge in [-0.25, -0.2) is 0 Å². The lowest BCUT2D eigenvalue weighted by molar-refractivity contribution is -0.124. The molecule has 2 aliphatic heterocycles. The molecule has 148 valence electrons. The molecule has 3 aliphatic rings. The van der Waals surface area contributed by atoms with E-state index in [-0.39, 0.29) is 41.6 Å². The molecule has 1 unspecified atom stereocenters. The van der Waals surface area contributed by atoms with Crippen molar-refractivity contribution in [1.82, 2.24) is 15.5 Å². The zero-order valence-corrected chi connectivity index (χ0v) is 16.8. The van der Waals surface area contributed by atoms with E-state index >= 15 is 0 Å². The Kier molecular flexibility index (Phi) is 6.11. The van der Waals surface area contributed by atoms with Crippen molar-refractivity contribution in [3.63, 3.8) is 0 Å². The molecule has 6 heteroatoms. The van der Waals surface area contributed by atoms with E-state index < -0.39 is 0 Å². The maximum Gasteiger partial charge on any atom is 0.253 e. The van der Waals surface area contributed by atoms with E-state index in [1.54, 1.807) is 0 Å². The van der Waals surface area contributed by atoms with Gasteiger partial charge in [-0.2, -0.15) is 0 Å². The summed E-state index contributed by atoms with van der Waals surface area (Å²) in [5.41, 5.74) is 2.20. The van der Waals surface area contributed by atoms with Gasteiger partial charge in [0.25, 0.3) is 5.91 Å². The molecule has 0 aromatic heterocycles.